The second kappa shape index (κ2) is 6.56. The van der Waals surface area contributed by atoms with Gasteiger partial charge in [0, 0.05) is 20.2 Å². The van der Waals surface area contributed by atoms with Crippen molar-refractivity contribution in [3.05, 3.63) is 12.7 Å². The summed E-state index contributed by atoms with van der Waals surface area (Å²) in [4.78, 5) is 0. The third kappa shape index (κ3) is 4.00. The van der Waals surface area contributed by atoms with Crippen LogP contribution in [0.1, 0.15) is 6.92 Å². The molecule has 0 aliphatic carbocycles. The molecule has 15 heavy (non-hydrogen) atoms. The Labute approximate surface area is 91.0 Å². The molecule has 0 heterocycles. The van der Waals surface area contributed by atoms with E-state index in [-0.39, 0.29) is 13.1 Å². The highest BCUT2D eigenvalue weighted by Gasteiger charge is 2.27. The summed E-state index contributed by atoms with van der Waals surface area (Å²) in [7, 11) is -2.07. The first kappa shape index (κ1) is 14.1. The lowest BCUT2D eigenvalue weighted by atomic mass is 10.5. The van der Waals surface area contributed by atoms with Crippen molar-refractivity contribution >= 4 is 10.0 Å². The van der Waals surface area contributed by atoms with E-state index in [0.717, 1.165) is 0 Å². The summed E-state index contributed by atoms with van der Waals surface area (Å²) in [5.74, 6) is 0. The van der Waals surface area contributed by atoms with E-state index >= 15 is 0 Å². The molecule has 0 saturated carbocycles. The molecule has 0 aromatic rings. The molecule has 5 nitrogen and oxygen atoms in total. The van der Waals surface area contributed by atoms with Gasteiger partial charge in [0.2, 0.25) is 10.0 Å². The molecule has 0 aliphatic heterocycles. The van der Waals surface area contributed by atoms with Gasteiger partial charge in [-0.05, 0) is 6.92 Å². The van der Waals surface area contributed by atoms with Gasteiger partial charge in [0.1, 0.15) is 0 Å². The molecule has 0 aromatic heterocycles. The van der Waals surface area contributed by atoms with Crippen molar-refractivity contribution in [1.29, 1.82) is 5.26 Å². The molecule has 0 aliphatic rings. The number of sulfonamides is 1. The second-order valence-corrected chi connectivity index (χ2v) is 5.21. The van der Waals surface area contributed by atoms with E-state index in [0.29, 0.717) is 6.61 Å². The molecule has 0 N–H and O–H groups in total. The topological polar surface area (TPSA) is 70.4 Å². The van der Waals surface area contributed by atoms with E-state index in [1.807, 2.05) is 0 Å². The Morgan fingerprint density at radius 2 is 2.27 bits per heavy atom. The Balaban J connectivity index is 4.75. The zero-order chi connectivity index (χ0) is 11.9. The van der Waals surface area contributed by atoms with Crippen LogP contribution in [0, 0.1) is 11.3 Å². The first-order chi connectivity index (χ1) is 7.00. The van der Waals surface area contributed by atoms with Crippen LogP contribution < -0.4 is 0 Å². The molecule has 0 amide bonds. The number of methoxy groups -OCH3 is 1. The minimum atomic E-state index is -3.56. The highest BCUT2D eigenvalue weighted by molar-refractivity contribution is 7.89. The van der Waals surface area contributed by atoms with Crippen molar-refractivity contribution < 1.29 is 13.2 Å². The Bertz CT molecular complexity index is 332. The predicted molar refractivity (Wildman–Crippen MR) is 57.6 cm³/mol. The molecule has 0 radical (unpaired) electrons. The van der Waals surface area contributed by atoms with Crippen LogP contribution >= 0.6 is 0 Å². The van der Waals surface area contributed by atoms with Crippen molar-refractivity contribution in [1.82, 2.24) is 4.31 Å². The summed E-state index contributed by atoms with van der Waals surface area (Å²) in [6, 6.07) is 1.72. The quantitative estimate of drug-likeness (QED) is 0.594. The van der Waals surface area contributed by atoms with Gasteiger partial charge in [-0.25, -0.2) is 8.42 Å². The van der Waals surface area contributed by atoms with Gasteiger partial charge in [-0.2, -0.15) is 9.57 Å². The average molecular weight is 232 g/mol. The SMILES string of the molecule is C=CCN(CCOC)S(=O)(=O)C(C)C#N. The van der Waals surface area contributed by atoms with Crippen LogP contribution in [0.15, 0.2) is 12.7 Å². The molecule has 1 unspecified atom stereocenters. The first-order valence-electron chi connectivity index (χ1n) is 4.49. The number of nitrogens with zero attached hydrogens (tertiary/aromatic N) is 2. The molecule has 0 rings (SSSR count). The molecule has 6 heteroatoms. The maximum Gasteiger partial charge on any atom is 0.230 e. The van der Waals surface area contributed by atoms with Crippen molar-refractivity contribution in [3.63, 3.8) is 0 Å². The Hall–Kier alpha value is -0.900. The normalized spacial score (nSPS) is 13.5. The number of nitriles is 1. The van der Waals surface area contributed by atoms with Crippen LogP contribution in [-0.2, 0) is 14.8 Å². The van der Waals surface area contributed by atoms with Crippen LogP contribution in [0.3, 0.4) is 0 Å². The third-order valence-corrected chi connectivity index (χ3v) is 3.92. The van der Waals surface area contributed by atoms with Crippen LogP contribution in [-0.4, -0.2) is 44.8 Å². The lowest BCUT2D eigenvalue weighted by Gasteiger charge is -2.21. The van der Waals surface area contributed by atoms with E-state index in [9.17, 15) is 8.42 Å². The van der Waals surface area contributed by atoms with Gasteiger partial charge in [0.05, 0.1) is 12.7 Å². The van der Waals surface area contributed by atoms with E-state index in [1.165, 1.54) is 24.4 Å². The third-order valence-electron chi connectivity index (χ3n) is 1.87. The maximum absolute atomic E-state index is 11.8. The van der Waals surface area contributed by atoms with E-state index in [2.05, 4.69) is 6.58 Å². The fraction of sp³-hybridized carbons (Fsp3) is 0.667. The summed E-state index contributed by atoms with van der Waals surface area (Å²) < 4.78 is 29.5. The average Bonchev–Trinajstić information content (AvgIpc) is 2.22. The number of rotatable bonds is 7. The van der Waals surface area contributed by atoms with Crippen molar-refractivity contribution in [2.75, 3.05) is 26.8 Å². The fourth-order valence-corrected chi connectivity index (χ4v) is 2.17. The summed E-state index contributed by atoms with van der Waals surface area (Å²) >= 11 is 0. The van der Waals surface area contributed by atoms with E-state index in [1.54, 1.807) is 6.07 Å². The zero-order valence-corrected chi connectivity index (χ0v) is 9.83. The van der Waals surface area contributed by atoms with Crippen molar-refractivity contribution in [2.45, 2.75) is 12.2 Å². The summed E-state index contributed by atoms with van der Waals surface area (Å²) in [5, 5.41) is 7.55. The molecule has 86 valence electrons. The molecule has 0 bridgehead atoms. The van der Waals surface area contributed by atoms with E-state index < -0.39 is 15.3 Å². The number of hydrogen-bond acceptors (Lipinski definition) is 4. The minimum Gasteiger partial charge on any atom is -0.383 e. The monoisotopic (exact) mass is 232 g/mol. The summed E-state index contributed by atoms with van der Waals surface area (Å²) in [6.07, 6.45) is 1.48. The Morgan fingerprint density at radius 3 is 2.67 bits per heavy atom. The van der Waals surface area contributed by atoms with Gasteiger partial charge in [-0.1, -0.05) is 6.08 Å². The molecule has 1 atom stereocenters. The van der Waals surface area contributed by atoms with Gasteiger partial charge < -0.3 is 4.74 Å². The molecule has 0 aromatic carbocycles. The molecular formula is C9H16N2O3S. The van der Waals surface area contributed by atoms with Gasteiger partial charge in [0.25, 0.3) is 0 Å². The van der Waals surface area contributed by atoms with Crippen LogP contribution in [0.25, 0.3) is 0 Å². The molecular weight excluding hydrogens is 216 g/mol. The number of hydrogen-bond donors (Lipinski definition) is 0. The smallest absolute Gasteiger partial charge is 0.230 e. The molecule has 0 fully saturated rings. The minimum absolute atomic E-state index is 0.192. The van der Waals surface area contributed by atoms with Crippen LogP contribution in [0.4, 0.5) is 0 Å². The first-order valence-corrected chi connectivity index (χ1v) is 5.99. The van der Waals surface area contributed by atoms with E-state index in [4.69, 9.17) is 10.00 Å². The standard InChI is InChI=1S/C9H16N2O3S/c1-4-5-11(6-7-14-3)15(12,13)9(2)8-10/h4,9H,1,5-7H2,2-3H3. The van der Waals surface area contributed by atoms with Gasteiger partial charge >= 0.3 is 0 Å². The van der Waals surface area contributed by atoms with Crippen molar-refractivity contribution in [2.24, 2.45) is 0 Å². The molecule has 0 saturated heterocycles. The summed E-state index contributed by atoms with van der Waals surface area (Å²) in [5.41, 5.74) is 0. The second-order valence-electron chi connectivity index (χ2n) is 2.96. The van der Waals surface area contributed by atoms with Crippen molar-refractivity contribution in [3.8, 4) is 6.07 Å². The largest absolute Gasteiger partial charge is 0.383 e. The predicted octanol–water partition coefficient (Wildman–Crippen LogP) is 0.363. The van der Waals surface area contributed by atoms with Crippen LogP contribution in [0.5, 0.6) is 0 Å². The summed E-state index contributed by atoms with van der Waals surface area (Å²) in [6.45, 7) is 5.56. The zero-order valence-electron chi connectivity index (χ0n) is 9.01. The highest BCUT2D eigenvalue weighted by Crippen LogP contribution is 2.08. The van der Waals surface area contributed by atoms with Gasteiger partial charge in [0.15, 0.2) is 5.25 Å². The fourth-order valence-electron chi connectivity index (χ4n) is 0.950. The lowest BCUT2D eigenvalue weighted by molar-refractivity contribution is 0.182. The molecule has 0 spiro atoms. The lowest BCUT2D eigenvalue weighted by Crippen LogP contribution is -2.39. The maximum atomic E-state index is 11.8. The Kier molecular flexibility index (Phi) is 6.17. The number of ether oxygens (including phenoxy) is 1. The Morgan fingerprint density at radius 1 is 1.67 bits per heavy atom. The van der Waals surface area contributed by atoms with Gasteiger partial charge in [-0.3, -0.25) is 0 Å². The van der Waals surface area contributed by atoms with Gasteiger partial charge in [-0.15, -0.1) is 6.58 Å². The van der Waals surface area contributed by atoms with Crippen LogP contribution in [0.2, 0.25) is 0 Å². The highest BCUT2D eigenvalue weighted by atomic mass is 32.2.